The van der Waals surface area contributed by atoms with Crippen molar-refractivity contribution in [2.24, 2.45) is 7.05 Å². The van der Waals surface area contributed by atoms with Gasteiger partial charge in [-0.3, -0.25) is 4.68 Å². The van der Waals surface area contributed by atoms with Gasteiger partial charge in [-0.25, -0.2) is 17.5 Å². The summed E-state index contributed by atoms with van der Waals surface area (Å²) in [6.07, 6.45) is 2.19. The Hall–Kier alpha value is -1.93. The van der Waals surface area contributed by atoms with Gasteiger partial charge in [-0.2, -0.15) is 5.10 Å². The van der Waals surface area contributed by atoms with E-state index in [9.17, 15) is 12.8 Å². The molecule has 0 aliphatic rings. The largest absolute Gasteiger partial charge is 0.399 e. The van der Waals surface area contributed by atoms with Crippen LogP contribution in [-0.2, 0) is 23.5 Å². The predicted molar refractivity (Wildman–Crippen MR) is 77.6 cm³/mol. The molecule has 0 saturated carbocycles. The van der Waals surface area contributed by atoms with E-state index in [-0.39, 0.29) is 17.8 Å². The second-order valence-electron chi connectivity index (χ2n) is 4.78. The zero-order chi connectivity index (χ0) is 15.6. The number of anilines is 1. The molecule has 1 heterocycles. The number of hydrogen-bond donors (Lipinski definition) is 2. The highest BCUT2D eigenvalue weighted by molar-refractivity contribution is 7.89. The van der Waals surface area contributed by atoms with E-state index in [1.54, 1.807) is 24.0 Å². The van der Waals surface area contributed by atoms with E-state index >= 15 is 0 Å². The summed E-state index contributed by atoms with van der Waals surface area (Å²) in [7, 11) is -2.16. The fourth-order valence-corrected chi connectivity index (χ4v) is 3.16. The molecule has 2 rings (SSSR count). The highest BCUT2D eigenvalue weighted by atomic mass is 32.2. The summed E-state index contributed by atoms with van der Waals surface area (Å²) in [4.78, 5) is -0.430. The number of benzene rings is 1. The minimum atomic E-state index is -3.94. The summed E-state index contributed by atoms with van der Waals surface area (Å²) < 4.78 is 42.2. The van der Waals surface area contributed by atoms with Crippen LogP contribution in [0.25, 0.3) is 0 Å². The second kappa shape index (κ2) is 5.82. The maximum Gasteiger partial charge on any atom is 0.243 e. The number of aromatic nitrogens is 2. The smallest absolute Gasteiger partial charge is 0.243 e. The number of nitrogens with one attached hydrogen (secondary N) is 1. The Labute approximate surface area is 122 Å². The van der Waals surface area contributed by atoms with Crippen molar-refractivity contribution < 1.29 is 12.8 Å². The first kappa shape index (κ1) is 15.5. The number of nitrogen functional groups attached to an aromatic ring is 1. The van der Waals surface area contributed by atoms with Gasteiger partial charge in [0.2, 0.25) is 10.0 Å². The van der Waals surface area contributed by atoms with E-state index in [1.165, 1.54) is 13.0 Å². The van der Waals surface area contributed by atoms with Crippen molar-refractivity contribution in [3.63, 3.8) is 0 Å². The molecule has 0 atom stereocenters. The standard InChI is InChI=1S/C13H17FN4O2S/c1-9-7-10(15)8-12(13(9)14)21(19,20)16-5-3-11-4-6-18(2)17-11/h4,6-8,16H,3,5,15H2,1-2H3. The Morgan fingerprint density at radius 2 is 2.14 bits per heavy atom. The number of nitrogens with zero attached hydrogens (tertiary/aromatic N) is 2. The SMILES string of the molecule is Cc1cc(N)cc(S(=O)(=O)NCCc2ccn(C)n2)c1F. The number of halogens is 1. The molecule has 1 aromatic carbocycles. The third-order valence-electron chi connectivity index (χ3n) is 2.98. The van der Waals surface area contributed by atoms with E-state index in [0.717, 1.165) is 11.8 Å². The van der Waals surface area contributed by atoms with Crippen molar-refractivity contribution in [3.05, 3.63) is 41.5 Å². The van der Waals surface area contributed by atoms with Crippen LogP contribution in [-0.4, -0.2) is 24.7 Å². The molecule has 0 amide bonds. The first-order chi connectivity index (χ1) is 9.79. The van der Waals surface area contributed by atoms with E-state index in [4.69, 9.17) is 5.73 Å². The normalized spacial score (nSPS) is 11.8. The average Bonchev–Trinajstić information content (AvgIpc) is 2.79. The summed E-state index contributed by atoms with van der Waals surface area (Å²) in [5, 5.41) is 4.14. The number of hydrogen-bond acceptors (Lipinski definition) is 4. The zero-order valence-electron chi connectivity index (χ0n) is 11.8. The number of sulfonamides is 1. The molecule has 6 nitrogen and oxygen atoms in total. The van der Waals surface area contributed by atoms with Crippen LogP contribution in [0.3, 0.4) is 0 Å². The van der Waals surface area contributed by atoms with Gasteiger partial charge in [0.25, 0.3) is 0 Å². The fraction of sp³-hybridized carbons (Fsp3) is 0.308. The molecule has 114 valence electrons. The van der Waals surface area contributed by atoms with Gasteiger partial charge in [0.1, 0.15) is 10.7 Å². The van der Waals surface area contributed by atoms with E-state index < -0.39 is 20.7 Å². The number of nitrogens with two attached hydrogens (primary N) is 1. The minimum Gasteiger partial charge on any atom is -0.399 e. The van der Waals surface area contributed by atoms with Crippen molar-refractivity contribution in [1.82, 2.24) is 14.5 Å². The maximum absolute atomic E-state index is 13.9. The first-order valence-corrected chi connectivity index (χ1v) is 7.82. The molecule has 8 heteroatoms. The van der Waals surface area contributed by atoms with Gasteiger partial charge in [0.15, 0.2) is 0 Å². The maximum atomic E-state index is 13.9. The Kier molecular flexibility index (Phi) is 4.29. The molecule has 0 radical (unpaired) electrons. The van der Waals surface area contributed by atoms with Crippen LogP contribution < -0.4 is 10.5 Å². The number of rotatable bonds is 5. The Bertz CT molecular complexity index is 756. The molecule has 0 fully saturated rings. The Morgan fingerprint density at radius 1 is 1.43 bits per heavy atom. The topological polar surface area (TPSA) is 90.0 Å². The van der Waals surface area contributed by atoms with E-state index in [0.29, 0.717) is 6.42 Å². The van der Waals surface area contributed by atoms with Crippen LogP contribution in [0.2, 0.25) is 0 Å². The summed E-state index contributed by atoms with van der Waals surface area (Å²) >= 11 is 0. The predicted octanol–water partition coefficient (Wildman–Crippen LogP) is 0.971. The van der Waals surface area contributed by atoms with Gasteiger partial charge >= 0.3 is 0 Å². The molecule has 0 spiro atoms. The highest BCUT2D eigenvalue weighted by Gasteiger charge is 2.20. The molecule has 2 aromatic rings. The Balaban J connectivity index is 2.12. The van der Waals surface area contributed by atoms with Crippen LogP contribution in [0, 0.1) is 12.7 Å². The third-order valence-corrected chi connectivity index (χ3v) is 4.44. The molecule has 21 heavy (non-hydrogen) atoms. The lowest BCUT2D eigenvalue weighted by atomic mass is 10.2. The monoisotopic (exact) mass is 312 g/mol. The third kappa shape index (κ3) is 3.59. The lowest BCUT2D eigenvalue weighted by Gasteiger charge is -2.09. The van der Waals surface area contributed by atoms with Gasteiger partial charge in [0, 0.05) is 31.9 Å². The molecular weight excluding hydrogens is 295 g/mol. The van der Waals surface area contributed by atoms with Crippen LogP contribution in [0.5, 0.6) is 0 Å². The number of aryl methyl sites for hydroxylation is 2. The Morgan fingerprint density at radius 3 is 2.76 bits per heavy atom. The second-order valence-corrected chi connectivity index (χ2v) is 6.51. The molecule has 0 bridgehead atoms. The summed E-state index contributed by atoms with van der Waals surface area (Å²) in [6.45, 7) is 1.60. The van der Waals surface area contributed by atoms with Crippen LogP contribution >= 0.6 is 0 Å². The molecule has 1 aromatic heterocycles. The molecule has 0 unspecified atom stereocenters. The van der Waals surface area contributed by atoms with Crippen molar-refractivity contribution >= 4 is 15.7 Å². The highest BCUT2D eigenvalue weighted by Crippen LogP contribution is 2.21. The van der Waals surface area contributed by atoms with Crippen LogP contribution in [0.15, 0.2) is 29.3 Å². The zero-order valence-corrected chi connectivity index (χ0v) is 12.6. The average molecular weight is 312 g/mol. The first-order valence-electron chi connectivity index (χ1n) is 6.33. The van der Waals surface area contributed by atoms with Crippen LogP contribution in [0.4, 0.5) is 10.1 Å². The molecule has 0 saturated heterocycles. The molecular formula is C13H17FN4O2S. The van der Waals surface area contributed by atoms with Crippen LogP contribution in [0.1, 0.15) is 11.3 Å². The van der Waals surface area contributed by atoms with Gasteiger partial charge < -0.3 is 5.73 Å². The summed E-state index contributed by atoms with van der Waals surface area (Å²) in [6, 6.07) is 4.30. The van der Waals surface area contributed by atoms with Gasteiger partial charge in [0.05, 0.1) is 5.69 Å². The van der Waals surface area contributed by atoms with Gasteiger partial charge in [-0.1, -0.05) is 0 Å². The van der Waals surface area contributed by atoms with Crippen molar-refractivity contribution in [2.75, 3.05) is 12.3 Å². The lowest BCUT2D eigenvalue weighted by Crippen LogP contribution is -2.27. The van der Waals surface area contributed by atoms with E-state index in [1.807, 2.05) is 0 Å². The molecule has 3 N–H and O–H groups in total. The lowest BCUT2D eigenvalue weighted by molar-refractivity contribution is 0.553. The molecule has 0 aliphatic carbocycles. The van der Waals surface area contributed by atoms with E-state index in [2.05, 4.69) is 9.82 Å². The molecule has 0 aliphatic heterocycles. The van der Waals surface area contributed by atoms with Crippen molar-refractivity contribution in [2.45, 2.75) is 18.2 Å². The fourth-order valence-electron chi connectivity index (χ4n) is 1.95. The summed E-state index contributed by atoms with van der Waals surface area (Å²) in [5.41, 5.74) is 6.73. The minimum absolute atomic E-state index is 0.132. The van der Waals surface area contributed by atoms with Crippen molar-refractivity contribution in [1.29, 1.82) is 0 Å². The van der Waals surface area contributed by atoms with Gasteiger partial charge in [-0.15, -0.1) is 0 Å². The van der Waals surface area contributed by atoms with Crippen molar-refractivity contribution in [3.8, 4) is 0 Å². The quantitative estimate of drug-likeness (QED) is 0.805. The summed E-state index contributed by atoms with van der Waals surface area (Å²) in [5.74, 6) is -0.783. The van der Waals surface area contributed by atoms with Gasteiger partial charge in [-0.05, 0) is 30.7 Å².